The first-order valence-corrected chi connectivity index (χ1v) is 7.91. The van der Waals surface area contributed by atoms with E-state index in [1.54, 1.807) is 12.1 Å². The standard InChI is InChI=1S/C18H23FN2O/c1-20-10-2-5-17(20)13-21-11-3-4-16(21)12-18(22)14-6-8-15(19)9-7-14/h2,5-10,16,18,22H,3-4,11-13H2,1H3. The van der Waals surface area contributed by atoms with Crippen molar-refractivity contribution < 1.29 is 9.50 Å². The van der Waals surface area contributed by atoms with E-state index in [0.717, 1.165) is 25.1 Å². The van der Waals surface area contributed by atoms with Crippen LogP contribution in [0.1, 0.15) is 36.6 Å². The molecule has 2 unspecified atom stereocenters. The molecule has 1 aromatic heterocycles. The second-order valence-electron chi connectivity index (χ2n) is 6.18. The van der Waals surface area contributed by atoms with Gasteiger partial charge < -0.3 is 9.67 Å². The smallest absolute Gasteiger partial charge is 0.123 e. The van der Waals surface area contributed by atoms with Crippen molar-refractivity contribution in [3.8, 4) is 0 Å². The maximum absolute atomic E-state index is 13.0. The molecule has 1 aromatic carbocycles. The molecule has 1 aliphatic heterocycles. The number of aryl methyl sites for hydroxylation is 1. The third kappa shape index (κ3) is 3.39. The van der Waals surface area contributed by atoms with Crippen molar-refractivity contribution in [3.05, 3.63) is 59.7 Å². The minimum atomic E-state index is -0.528. The molecule has 22 heavy (non-hydrogen) atoms. The van der Waals surface area contributed by atoms with Crippen molar-refractivity contribution in [2.24, 2.45) is 7.05 Å². The maximum atomic E-state index is 13.0. The van der Waals surface area contributed by atoms with E-state index in [-0.39, 0.29) is 5.82 Å². The Labute approximate surface area is 131 Å². The van der Waals surface area contributed by atoms with Crippen LogP contribution in [0.4, 0.5) is 4.39 Å². The quantitative estimate of drug-likeness (QED) is 0.918. The van der Waals surface area contributed by atoms with E-state index in [1.807, 2.05) is 0 Å². The van der Waals surface area contributed by atoms with E-state index in [1.165, 1.54) is 24.2 Å². The summed E-state index contributed by atoms with van der Waals surface area (Å²) in [5.41, 5.74) is 2.09. The molecule has 0 bridgehead atoms. The minimum absolute atomic E-state index is 0.262. The van der Waals surface area contributed by atoms with E-state index in [0.29, 0.717) is 12.5 Å². The summed E-state index contributed by atoms with van der Waals surface area (Å²) >= 11 is 0. The number of likely N-dealkylation sites (tertiary alicyclic amines) is 1. The molecule has 4 heteroatoms. The molecule has 2 atom stereocenters. The first-order valence-electron chi connectivity index (χ1n) is 7.91. The molecule has 1 aliphatic rings. The molecular formula is C18H23FN2O. The second-order valence-corrected chi connectivity index (χ2v) is 6.18. The summed E-state index contributed by atoms with van der Waals surface area (Å²) in [7, 11) is 2.06. The fourth-order valence-corrected chi connectivity index (χ4v) is 3.32. The van der Waals surface area contributed by atoms with Crippen molar-refractivity contribution in [2.45, 2.75) is 38.0 Å². The lowest BCUT2D eigenvalue weighted by Crippen LogP contribution is -2.31. The number of halogens is 1. The Bertz CT molecular complexity index is 608. The van der Waals surface area contributed by atoms with Crippen molar-refractivity contribution >= 4 is 0 Å². The van der Waals surface area contributed by atoms with Gasteiger partial charge in [-0.1, -0.05) is 12.1 Å². The van der Waals surface area contributed by atoms with Gasteiger partial charge in [0.05, 0.1) is 6.10 Å². The van der Waals surface area contributed by atoms with Gasteiger partial charge in [-0.2, -0.15) is 0 Å². The lowest BCUT2D eigenvalue weighted by molar-refractivity contribution is 0.117. The van der Waals surface area contributed by atoms with Gasteiger partial charge >= 0.3 is 0 Å². The fourth-order valence-electron chi connectivity index (χ4n) is 3.32. The topological polar surface area (TPSA) is 28.4 Å². The van der Waals surface area contributed by atoms with Crippen LogP contribution < -0.4 is 0 Å². The molecule has 0 radical (unpaired) electrons. The number of aliphatic hydroxyl groups excluding tert-OH is 1. The Hall–Kier alpha value is -1.65. The van der Waals surface area contributed by atoms with Crippen LogP contribution in [0.2, 0.25) is 0 Å². The first kappa shape index (κ1) is 15.3. The van der Waals surface area contributed by atoms with Gasteiger partial charge in [0.1, 0.15) is 5.82 Å². The Morgan fingerprint density at radius 1 is 1.27 bits per heavy atom. The predicted molar refractivity (Wildman–Crippen MR) is 84.8 cm³/mol. The molecule has 2 heterocycles. The number of hydrogen-bond acceptors (Lipinski definition) is 2. The van der Waals surface area contributed by atoms with E-state index in [9.17, 15) is 9.50 Å². The van der Waals surface area contributed by atoms with Crippen LogP contribution in [-0.2, 0) is 13.6 Å². The van der Waals surface area contributed by atoms with Gasteiger partial charge in [0.15, 0.2) is 0 Å². The lowest BCUT2D eigenvalue weighted by Gasteiger charge is -2.26. The highest BCUT2D eigenvalue weighted by atomic mass is 19.1. The largest absolute Gasteiger partial charge is 0.388 e. The van der Waals surface area contributed by atoms with E-state index in [2.05, 4.69) is 34.8 Å². The fraction of sp³-hybridized carbons (Fsp3) is 0.444. The molecule has 2 aromatic rings. The van der Waals surface area contributed by atoms with Crippen molar-refractivity contribution in [1.82, 2.24) is 9.47 Å². The van der Waals surface area contributed by atoms with Gasteiger partial charge in [0.25, 0.3) is 0 Å². The summed E-state index contributed by atoms with van der Waals surface area (Å²) in [6.07, 6.45) is 4.53. The van der Waals surface area contributed by atoms with E-state index in [4.69, 9.17) is 0 Å². The van der Waals surface area contributed by atoms with Crippen LogP contribution in [0, 0.1) is 5.82 Å². The van der Waals surface area contributed by atoms with Gasteiger partial charge in [-0.05, 0) is 55.6 Å². The Balaban J connectivity index is 1.63. The van der Waals surface area contributed by atoms with Crippen LogP contribution in [0.15, 0.2) is 42.6 Å². The van der Waals surface area contributed by atoms with Crippen molar-refractivity contribution in [1.29, 1.82) is 0 Å². The number of aromatic nitrogens is 1. The summed E-state index contributed by atoms with van der Waals surface area (Å²) in [5, 5.41) is 10.4. The average molecular weight is 302 g/mol. The van der Waals surface area contributed by atoms with Gasteiger partial charge in [0.2, 0.25) is 0 Å². The Morgan fingerprint density at radius 3 is 2.73 bits per heavy atom. The number of nitrogens with zero attached hydrogens (tertiary/aromatic N) is 2. The highest BCUT2D eigenvalue weighted by Gasteiger charge is 2.27. The molecule has 3 rings (SSSR count). The zero-order chi connectivity index (χ0) is 15.5. The molecule has 1 fully saturated rings. The lowest BCUT2D eigenvalue weighted by atomic mass is 10.0. The van der Waals surface area contributed by atoms with Crippen LogP contribution >= 0.6 is 0 Å². The first-order chi connectivity index (χ1) is 10.6. The van der Waals surface area contributed by atoms with Crippen LogP contribution in [-0.4, -0.2) is 27.2 Å². The predicted octanol–water partition coefficient (Wildman–Crippen LogP) is 3.25. The summed E-state index contributed by atoms with van der Waals surface area (Å²) in [6, 6.07) is 10.8. The molecule has 1 saturated heterocycles. The molecule has 118 valence electrons. The van der Waals surface area contributed by atoms with Crippen LogP contribution in [0.3, 0.4) is 0 Å². The van der Waals surface area contributed by atoms with Crippen LogP contribution in [0.25, 0.3) is 0 Å². The van der Waals surface area contributed by atoms with Gasteiger partial charge in [-0.3, -0.25) is 4.90 Å². The van der Waals surface area contributed by atoms with Gasteiger partial charge in [-0.25, -0.2) is 4.39 Å². The highest BCUT2D eigenvalue weighted by Crippen LogP contribution is 2.28. The highest BCUT2D eigenvalue weighted by molar-refractivity contribution is 5.18. The van der Waals surface area contributed by atoms with Gasteiger partial charge in [-0.15, -0.1) is 0 Å². The molecule has 0 aliphatic carbocycles. The second kappa shape index (κ2) is 6.63. The zero-order valence-electron chi connectivity index (χ0n) is 13.0. The molecule has 1 N–H and O–H groups in total. The summed E-state index contributed by atoms with van der Waals surface area (Å²) in [5.74, 6) is -0.262. The molecule has 0 amide bonds. The number of rotatable bonds is 5. The summed E-state index contributed by atoms with van der Waals surface area (Å²) < 4.78 is 15.1. The van der Waals surface area contributed by atoms with E-state index < -0.39 is 6.10 Å². The van der Waals surface area contributed by atoms with Crippen molar-refractivity contribution in [3.63, 3.8) is 0 Å². The number of benzene rings is 1. The SMILES string of the molecule is Cn1cccc1CN1CCCC1CC(O)c1ccc(F)cc1. The third-order valence-corrected chi connectivity index (χ3v) is 4.67. The molecule has 3 nitrogen and oxygen atoms in total. The Kier molecular flexibility index (Phi) is 4.60. The average Bonchev–Trinajstić information content (AvgIpc) is 3.10. The van der Waals surface area contributed by atoms with Crippen LogP contribution in [0.5, 0.6) is 0 Å². The molecule has 0 spiro atoms. The minimum Gasteiger partial charge on any atom is -0.388 e. The Morgan fingerprint density at radius 2 is 2.05 bits per heavy atom. The molecule has 0 saturated carbocycles. The monoisotopic (exact) mass is 302 g/mol. The third-order valence-electron chi connectivity index (χ3n) is 4.67. The maximum Gasteiger partial charge on any atom is 0.123 e. The van der Waals surface area contributed by atoms with Crippen molar-refractivity contribution in [2.75, 3.05) is 6.54 Å². The van der Waals surface area contributed by atoms with Gasteiger partial charge in [0, 0.05) is 31.5 Å². The number of hydrogen-bond donors (Lipinski definition) is 1. The zero-order valence-corrected chi connectivity index (χ0v) is 13.0. The molecular weight excluding hydrogens is 279 g/mol. The number of aliphatic hydroxyl groups is 1. The van der Waals surface area contributed by atoms with E-state index >= 15 is 0 Å². The normalized spacial score (nSPS) is 20.4. The summed E-state index contributed by atoms with van der Waals surface area (Å²) in [6.45, 7) is 2.00. The summed E-state index contributed by atoms with van der Waals surface area (Å²) in [4.78, 5) is 2.45.